The lowest BCUT2D eigenvalue weighted by atomic mass is 10.0. The van der Waals surface area contributed by atoms with E-state index in [2.05, 4.69) is 6.58 Å². The lowest BCUT2D eigenvalue weighted by Crippen LogP contribution is -1.95. The zero-order valence-corrected chi connectivity index (χ0v) is 5.16. The van der Waals surface area contributed by atoms with Gasteiger partial charge in [-0.1, -0.05) is 6.58 Å². The summed E-state index contributed by atoms with van der Waals surface area (Å²) in [6.07, 6.45) is 1.26. The van der Waals surface area contributed by atoms with Crippen LogP contribution in [0.1, 0.15) is 0 Å². The Kier molecular flexibility index (Phi) is 1.43. The molecule has 0 aliphatic carbocycles. The first-order valence-corrected chi connectivity index (χ1v) is 2.65. The molecule has 3 nitrogen and oxygen atoms in total. The highest BCUT2D eigenvalue weighted by Crippen LogP contribution is 2.25. The third-order valence-corrected chi connectivity index (χ3v) is 1.23. The van der Waals surface area contributed by atoms with Gasteiger partial charge in [-0.15, -0.1) is 0 Å². The molecule has 0 aromatic heterocycles. The van der Waals surface area contributed by atoms with Crippen LogP contribution in [0.2, 0.25) is 0 Å². The zero-order valence-electron chi connectivity index (χ0n) is 5.16. The first-order chi connectivity index (χ1) is 4.79. The van der Waals surface area contributed by atoms with E-state index in [1.165, 1.54) is 6.26 Å². The first-order valence-electron chi connectivity index (χ1n) is 2.65. The molecule has 0 amide bonds. The Morgan fingerprint density at radius 3 is 2.70 bits per heavy atom. The summed E-state index contributed by atoms with van der Waals surface area (Å²) in [7, 11) is 0. The molecule has 0 saturated heterocycles. The van der Waals surface area contributed by atoms with Gasteiger partial charge in [-0.2, -0.15) is 10.5 Å². The number of hydrogen-bond donors (Lipinski definition) is 0. The predicted octanol–water partition coefficient (Wildman–Crippen LogP) is 1.08. The summed E-state index contributed by atoms with van der Waals surface area (Å²) in [5, 5.41) is 16.8. The maximum Gasteiger partial charge on any atom is 0.141 e. The smallest absolute Gasteiger partial charge is 0.141 e. The highest BCUT2D eigenvalue weighted by molar-refractivity contribution is 5.37. The molecule has 0 fully saturated rings. The van der Waals surface area contributed by atoms with Gasteiger partial charge in [-0.05, 0) is 0 Å². The van der Waals surface area contributed by atoms with E-state index in [9.17, 15) is 0 Å². The molecule has 1 aliphatic rings. The highest BCUT2D eigenvalue weighted by Gasteiger charge is 2.24. The molecule has 1 rings (SSSR count). The summed E-state index contributed by atoms with van der Waals surface area (Å²) in [6.45, 7) is 3.46. The largest absolute Gasteiger partial charge is 0.467 e. The lowest BCUT2D eigenvalue weighted by Gasteiger charge is -1.96. The molecule has 0 spiro atoms. The van der Waals surface area contributed by atoms with E-state index in [4.69, 9.17) is 15.3 Å². The third-order valence-electron chi connectivity index (χ3n) is 1.23. The zero-order chi connectivity index (χ0) is 7.56. The van der Waals surface area contributed by atoms with Crippen molar-refractivity contribution in [2.24, 2.45) is 5.92 Å². The molecule has 48 valence electrons. The van der Waals surface area contributed by atoms with Crippen molar-refractivity contribution < 1.29 is 4.74 Å². The Bertz CT molecular complexity index is 277. The van der Waals surface area contributed by atoms with Crippen LogP contribution in [0.4, 0.5) is 0 Å². The molecular formula is C7H4N2O. The summed E-state index contributed by atoms with van der Waals surface area (Å²) in [5.74, 6) is -0.232. The van der Waals surface area contributed by atoms with Gasteiger partial charge in [-0.25, -0.2) is 0 Å². The van der Waals surface area contributed by atoms with Gasteiger partial charge in [0, 0.05) is 0 Å². The van der Waals surface area contributed by atoms with Crippen molar-refractivity contribution >= 4 is 0 Å². The maximum absolute atomic E-state index is 8.46. The van der Waals surface area contributed by atoms with Crippen LogP contribution in [0.3, 0.4) is 0 Å². The van der Waals surface area contributed by atoms with Gasteiger partial charge < -0.3 is 4.74 Å². The molecule has 1 atom stereocenters. The van der Waals surface area contributed by atoms with Crippen molar-refractivity contribution in [1.29, 1.82) is 10.5 Å². The van der Waals surface area contributed by atoms with E-state index in [1.807, 2.05) is 12.1 Å². The highest BCUT2D eigenvalue weighted by atomic mass is 16.5. The Labute approximate surface area is 58.4 Å². The standard InChI is InChI=1S/C7H4N2O/c1-5-7(3-9)6(2-8)4-10-5/h4,7H,1H2. The molecule has 1 aliphatic heterocycles. The Balaban J connectivity index is 2.92. The average Bonchev–Trinajstić information content (AvgIpc) is 2.30. The topological polar surface area (TPSA) is 56.8 Å². The van der Waals surface area contributed by atoms with Crippen LogP contribution in [0, 0.1) is 28.6 Å². The summed E-state index contributed by atoms with van der Waals surface area (Å²) in [5.41, 5.74) is 0.326. The van der Waals surface area contributed by atoms with E-state index in [-0.39, 0.29) is 0 Å². The predicted molar refractivity (Wildman–Crippen MR) is 33.0 cm³/mol. The van der Waals surface area contributed by atoms with Crippen LogP contribution in [0.5, 0.6) is 0 Å². The quantitative estimate of drug-likeness (QED) is 0.495. The fourth-order valence-corrected chi connectivity index (χ4v) is 0.681. The molecule has 1 unspecified atom stereocenters. The monoisotopic (exact) mass is 132 g/mol. The van der Waals surface area contributed by atoms with Gasteiger partial charge in [0.05, 0.1) is 17.7 Å². The van der Waals surface area contributed by atoms with Gasteiger partial charge in [0.2, 0.25) is 0 Å². The minimum Gasteiger partial charge on any atom is -0.467 e. The van der Waals surface area contributed by atoms with Crippen molar-refractivity contribution in [3.63, 3.8) is 0 Å². The second-order valence-electron chi connectivity index (χ2n) is 1.83. The van der Waals surface area contributed by atoms with Gasteiger partial charge in [0.15, 0.2) is 0 Å². The number of ether oxygens (including phenoxy) is 1. The second kappa shape index (κ2) is 2.24. The summed E-state index contributed by atoms with van der Waals surface area (Å²) >= 11 is 0. The third kappa shape index (κ3) is 0.744. The molecule has 0 bridgehead atoms. The molecule has 0 saturated carbocycles. The van der Waals surface area contributed by atoms with Crippen molar-refractivity contribution in [3.05, 3.63) is 24.2 Å². The fourth-order valence-electron chi connectivity index (χ4n) is 0.681. The van der Waals surface area contributed by atoms with E-state index in [0.29, 0.717) is 11.3 Å². The minimum absolute atomic E-state index is 0.326. The SMILES string of the molecule is C=C1OC=C(C#N)C1C#N. The van der Waals surface area contributed by atoms with Crippen LogP contribution < -0.4 is 0 Å². The van der Waals surface area contributed by atoms with Crippen LogP contribution in [-0.2, 0) is 4.74 Å². The minimum atomic E-state index is -0.565. The molecule has 0 aromatic carbocycles. The molecule has 1 heterocycles. The normalized spacial score (nSPS) is 22.4. The number of rotatable bonds is 0. The number of allylic oxidation sites excluding steroid dienone is 1. The number of hydrogen-bond acceptors (Lipinski definition) is 3. The van der Waals surface area contributed by atoms with Crippen LogP contribution in [0.25, 0.3) is 0 Å². The first kappa shape index (κ1) is 6.38. The fraction of sp³-hybridized carbons (Fsp3) is 0.143. The molecule has 0 N–H and O–H groups in total. The molecule has 0 radical (unpaired) electrons. The molecule has 3 heteroatoms. The summed E-state index contributed by atoms with van der Waals surface area (Å²) in [6, 6.07) is 3.75. The van der Waals surface area contributed by atoms with E-state index in [0.717, 1.165) is 0 Å². The maximum atomic E-state index is 8.46. The second-order valence-corrected chi connectivity index (χ2v) is 1.83. The number of nitriles is 2. The molecule has 0 aromatic rings. The van der Waals surface area contributed by atoms with Crippen LogP contribution in [0.15, 0.2) is 24.2 Å². The van der Waals surface area contributed by atoms with E-state index < -0.39 is 5.92 Å². The average molecular weight is 132 g/mol. The van der Waals surface area contributed by atoms with Crippen molar-refractivity contribution in [2.75, 3.05) is 0 Å². The van der Waals surface area contributed by atoms with E-state index >= 15 is 0 Å². The van der Waals surface area contributed by atoms with Crippen molar-refractivity contribution in [3.8, 4) is 12.1 Å². The Hall–Kier alpha value is -1.74. The summed E-state index contributed by atoms with van der Waals surface area (Å²) in [4.78, 5) is 0. The van der Waals surface area contributed by atoms with Gasteiger partial charge >= 0.3 is 0 Å². The Morgan fingerprint density at radius 1 is 1.60 bits per heavy atom. The molecular weight excluding hydrogens is 128 g/mol. The van der Waals surface area contributed by atoms with Gasteiger partial charge in [0.25, 0.3) is 0 Å². The van der Waals surface area contributed by atoms with Crippen molar-refractivity contribution in [1.82, 2.24) is 0 Å². The summed E-state index contributed by atoms with van der Waals surface area (Å²) < 4.78 is 4.76. The Morgan fingerprint density at radius 2 is 2.30 bits per heavy atom. The van der Waals surface area contributed by atoms with Crippen LogP contribution >= 0.6 is 0 Å². The van der Waals surface area contributed by atoms with Gasteiger partial charge in [-0.3, -0.25) is 0 Å². The van der Waals surface area contributed by atoms with Crippen LogP contribution in [-0.4, -0.2) is 0 Å². The van der Waals surface area contributed by atoms with Gasteiger partial charge in [0.1, 0.15) is 17.9 Å². The molecule has 10 heavy (non-hydrogen) atoms. The van der Waals surface area contributed by atoms with Crippen molar-refractivity contribution in [2.45, 2.75) is 0 Å². The lowest BCUT2D eigenvalue weighted by molar-refractivity contribution is 0.358. The number of nitrogens with zero attached hydrogens (tertiary/aromatic N) is 2. The van der Waals surface area contributed by atoms with E-state index in [1.54, 1.807) is 0 Å².